The van der Waals surface area contributed by atoms with E-state index < -0.39 is 0 Å². The van der Waals surface area contributed by atoms with Gasteiger partial charge in [-0.3, -0.25) is 16.0 Å². The van der Waals surface area contributed by atoms with Gasteiger partial charge in [0.25, 0.3) is 0 Å². The van der Waals surface area contributed by atoms with Crippen LogP contribution in [0.15, 0.2) is 0 Å². The molecule has 1 heterocycles. The summed E-state index contributed by atoms with van der Waals surface area (Å²) in [4.78, 5) is 0. The van der Waals surface area contributed by atoms with Crippen LogP contribution in [0.3, 0.4) is 0 Å². The zero-order valence-corrected chi connectivity index (χ0v) is 10.2. The smallest absolute Gasteiger partial charge is 0.0628 e. The number of hydrogen-bond donors (Lipinski definition) is 2. The first kappa shape index (κ1) is 12.2. The molecular formula is C11H22N4. The summed E-state index contributed by atoms with van der Waals surface area (Å²) in [7, 11) is 1.99. The van der Waals surface area contributed by atoms with Crippen molar-refractivity contribution in [2.75, 3.05) is 0 Å². The second kappa shape index (κ2) is 5.28. The van der Waals surface area contributed by atoms with Crippen molar-refractivity contribution in [2.24, 2.45) is 12.9 Å². The van der Waals surface area contributed by atoms with E-state index in [0.29, 0.717) is 6.04 Å². The molecule has 3 N–H and O–H groups in total. The molecule has 1 unspecified atom stereocenters. The first-order valence-electron chi connectivity index (χ1n) is 5.55. The summed E-state index contributed by atoms with van der Waals surface area (Å²) in [6.45, 7) is 6.33. The Morgan fingerprint density at radius 3 is 2.53 bits per heavy atom. The maximum absolute atomic E-state index is 5.46. The van der Waals surface area contributed by atoms with E-state index in [2.05, 4.69) is 31.3 Å². The number of rotatable bonds is 5. The number of aromatic nitrogens is 2. The lowest BCUT2D eigenvalue weighted by Crippen LogP contribution is -2.34. The van der Waals surface area contributed by atoms with Gasteiger partial charge in [0, 0.05) is 18.8 Å². The summed E-state index contributed by atoms with van der Waals surface area (Å²) in [5, 5.41) is 4.41. The minimum atomic E-state index is 0.406. The molecule has 0 bridgehead atoms. The van der Waals surface area contributed by atoms with E-state index in [1.165, 1.54) is 11.3 Å². The molecule has 0 aliphatic heterocycles. The fraction of sp³-hybridized carbons (Fsp3) is 0.727. The Labute approximate surface area is 91.8 Å². The second-order valence-electron chi connectivity index (χ2n) is 4.08. The number of nitrogens with one attached hydrogen (secondary N) is 1. The number of aryl methyl sites for hydroxylation is 2. The van der Waals surface area contributed by atoms with Crippen LogP contribution in [0, 0.1) is 13.8 Å². The Balaban J connectivity index is 2.64. The zero-order chi connectivity index (χ0) is 11.4. The van der Waals surface area contributed by atoms with Crippen molar-refractivity contribution in [1.29, 1.82) is 0 Å². The van der Waals surface area contributed by atoms with Crippen molar-refractivity contribution in [3.8, 4) is 0 Å². The quantitative estimate of drug-likeness (QED) is 0.567. The molecule has 0 saturated carbocycles. The predicted molar refractivity (Wildman–Crippen MR) is 62.4 cm³/mol. The zero-order valence-electron chi connectivity index (χ0n) is 10.2. The minimum absolute atomic E-state index is 0.406. The molecule has 15 heavy (non-hydrogen) atoms. The van der Waals surface area contributed by atoms with Gasteiger partial charge < -0.3 is 0 Å². The number of nitrogens with two attached hydrogens (primary N) is 1. The highest BCUT2D eigenvalue weighted by atomic mass is 15.3. The fourth-order valence-electron chi connectivity index (χ4n) is 1.90. The van der Waals surface area contributed by atoms with Crippen LogP contribution in [-0.4, -0.2) is 15.8 Å². The van der Waals surface area contributed by atoms with Gasteiger partial charge in [0.1, 0.15) is 0 Å². The van der Waals surface area contributed by atoms with Crippen LogP contribution in [0.1, 0.15) is 36.7 Å². The molecule has 4 nitrogen and oxygen atoms in total. The number of hydrazine groups is 1. The normalized spacial score (nSPS) is 13.1. The van der Waals surface area contributed by atoms with Crippen LogP contribution < -0.4 is 11.3 Å². The van der Waals surface area contributed by atoms with Crippen molar-refractivity contribution < 1.29 is 0 Å². The maximum Gasteiger partial charge on any atom is 0.0628 e. The lowest BCUT2D eigenvalue weighted by molar-refractivity contribution is 0.480. The molecule has 0 saturated heterocycles. The van der Waals surface area contributed by atoms with Crippen LogP contribution in [0.4, 0.5) is 0 Å². The first-order chi connectivity index (χ1) is 7.10. The molecule has 0 amide bonds. The Hall–Kier alpha value is -0.870. The van der Waals surface area contributed by atoms with Crippen LogP contribution >= 0.6 is 0 Å². The van der Waals surface area contributed by atoms with Gasteiger partial charge in [-0.2, -0.15) is 5.10 Å². The topological polar surface area (TPSA) is 55.9 Å². The van der Waals surface area contributed by atoms with Gasteiger partial charge in [0.05, 0.1) is 5.69 Å². The molecule has 1 aromatic heterocycles. The molecule has 4 heteroatoms. The molecule has 0 radical (unpaired) electrons. The van der Waals surface area contributed by atoms with Crippen LogP contribution in [0.5, 0.6) is 0 Å². The van der Waals surface area contributed by atoms with Crippen molar-refractivity contribution >= 4 is 0 Å². The molecule has 1 aromatic rings. The van der Waals surface area contributed by atoms with Gasteiger partial charge in [-0.25, -0.2) is 0 Å². The van der Waals surface area contributed by atoms with Crippen molar-refractivity contribution in [3.05, 3.63) is 17.0 Å². The van der Waals surface area contributed by atoms with E-state index in [9.17, 15) is 0 Å². The van der Waals surface area contributed by atoms with E-state index in [-0.39, 0.29) is 0 Å². The monoisotopic (exact) mass is 210 g/mol. The summed E-state index contributed by atoms with van der Waals surface area (Å²) in [5.74, 6) is 5.46. The van der Waals surface area contributed by atoms with Crippen LogP contribution in [0.25, 0.3) is 0 Å². The molecule has 0 aliphatic rings. The van der Waals surface area contributed by atoms with Gasteiger partial charge in [0.15, 0.2) is 0 Å². The van der Waals surface area contributed by atoms with Gasteiger partial charge in [-0.05, 0) is 38.7 Å². The second-order valence-corrected chi connectivity index (χ2v) is 4.08. The van der Waals surface area contributed by atoms with E-state index >= 15 is 0 Å². The van der Waals surface area contributed by atoms with Gasteiger partial charge in [-0.1, -0.05) is 6.92 Å². The number of hydrogen-bond acceptors (Lipinski definition) is 3. The number of nitrogens with zero attached hydrogens (tertiary/aromatic N) is 2. The maximum atomic E-state index is 5.46. The largest absolute Gasteiger partial charge is 0.272 e. The Morgan fingerprint density at radius 1 is 1.47 bits per heavy atom. The van der Waals surface area contributed by atoms with E-state index in [0.717, 1.165) is 25.0 Å². The standard InChI is InChI=1S/C11H22N4/c1-5-10(13-12)6-7-11-8(2)14-15(4)9(11)3/h10,13H,5-7,12H2,1-4H3. The molecule has 1 rings (SSSR count). The lowest BCUT2D eigenvalue weighted by atomic mass is 10.0. The van der Waals surface area contributed by atoms with Crippen molar-refractivity contribution in [1.82, 2.24) is 15.2 Å². The molecule has 0 aliphatic carbocycles. The Bertz CT molecular complexity index is 313. The first-order valence-corrected chi connectivity index (χ1v) is 5.55. The third kappa shape index (κ3) is 2.79. The minimum Gasteiger partial charge on any atom is -0.272 e. The molecule has 0 spiro atoms. The van der Waals surface area contributed by atoms with E-state index in [1.54, 1.807) is 0 Å². The predicted octanol–water partition coefficient (Wildman–Crippen LogP) is 1.21. The van der Waals surface area contributed by atoms with Crippen molar-refractivity contribution in [2.45, 2.75) is 46.1 Å². The third-order valence-electron chi connectivity index (χ3n) is 3.13. The summed E-state index contributed by atoms with van der Waals surface area (Å²) in [5.41, 5.74) is 6.61. The summed E-state index contributed by atoms with van der Waals surface area (Å²) in [6, 6.07) is 0.406. The fourth-order valence-corrected chi connectivity index (χ4v) is 1.90. The molecular weight excluding hydrogens is 188 g/mol. The average molecular weight is 210 g/mol. The highest BCUT2D eigenvalue weighted by Crippen LogP contribution is 2.15. The van der Waals surface area contributed by atoms with Crippen LogP contribution in [-0.2, 0) is 13.5 Å². The summed E-state index contributed by atoms with van der Waals surface area (Å²) >= 11 is 0. The van der Waals surface area contributed by atoms with Crippen molar-refractivity contribution in [3.63, 3.8) is 0 Å². The highest BCUT2D eigenvalue weighted by Gasteiger charge is 2.11. The highest BCUT2D eigenvalue weighted by molar-refractivity contribution is 5.24. The summed E-state index contributed by atoms with van der Waals surface area (Å²) < 4.78 is 1.95. The molecule has 0 fully saturated rings. The van der Waals surface area contributed by atoms with Gasteiger partial charge >= 0.3 is 0 Å². The summed E-state index contributed by atoms with van der Waals surface area (Å²) in [6.07, 6.45) is 3.18. The average Bonchev–Trinajstić information content (AvgIpc) is 2.45. The SMILES string of the molecule is CCC(CCc1c(C)nn(C)c1C)NN. The Kier molecular flexibility index (Phi) is 4.29. The molecule has 0 aromatic carbocycles. The molecule has 1 atom stereocenters. The van der Waals surface area contributed by atoms with E-state index in [1.807, 2.05) is 11.7 Å². The molecule has 86 valence electrons. The van der Waals surface area contributed by atoms with Crippen LogP contribution in [0.2, 0.25) is 0 Å². The third-order valence-corrected chi connectivity index (χ3v) is 3.13. The van der Waals surface area contributed by atoms with Gasteiger partial charge in [0.2, 0.25) is 0 Å². The van der Waals surface area contributed by atoms with E-state index in [4.69, 9.17) is 5.84 Å². The Morgan fingerprint density at radius 2 is 2.13 bits per heavy atom. The lowest BCUT2D eigenvalue weighted by Gasteiger charge is -2.13. The van der Waals surface area contributed by atoms with Gasteiger partial charge in [-0.15, -0.1) is 0 Å².